The Morgan fingerprint density at radius 2 is 1.95 bits per heavy atom. The van der Waals surface area contributed by atoms with E-state index >= 15 is 0 Å². The standard InChI is InChI=1S/C15H21NO3/c1-3-4-8-13(15(18)19-2)11-16-14(17)12-9-6-5-7-10-12/h5-7,9-10,13H,3-4,8,11H2,1-2H3,(H,16,17)/t13-/m1/s1. The van der Waals surface area contributed by atoms with E-state index in [-0.39, 0.29) is 17.8 Å². The molecule has 1 atom stereocenters. The van der Waals surface area contributed by atoms with Gasteiger partial charge in [0, 0.05) is 12.1 Å². The molecule has 0 aliphatic carbocycles. The lowest BCUT2D eigenvalue weighted by Crippen LogP contribution is -2.33. The molecule has 0 aliphatic rings. The predicted molar refractivity (Wildman–Crippen MR) is 73.8 cm³/mol. The van der Waals surface area contributed by atoms with Crippen molar-refractivity contribution >= 4 is 11.9 Å². The molecule has 1 aromatic rings. The quantitative estimate of drug-likeness (QED) is 0.768. The van der Waals surface area contributed by atoms with Crippen molar-refractivity contribution in [2.45, 2.75) is 26.2 Å². The van der Waals surface area contributed by atoms with Gasteiger partial charge in [0.2, 0.25) is 0 Å². The summed E-state index contributed by atoms with van der Waals surface area (Å²) in [6.07, 6.45) is 2.69. The Kier molecular flexibility index (Phi) is 6.64. The zero-order valence-electron chi connectivity index (χ0n) is 11.5. The average Bonchev–Trinajstić information content (AvgIpc) is 2.47. The van der Waals surface area contributed by atoms with E-state index in [4.69, 9.17) is 4.74 Å². The van der Waals surface area contributed by atoms with Crippen molar-refractivity contribution in [1.29, 1.82) is 0 Å². The molecular weight excluding hydrogens is 242 g/mol. The minimum absolute atomic E-state index is 0.161. The molecule has 4 heteroatoms. The van der Waals surface area contributed by atoms with Gasteiger partial charge >= 0.3 is 5.97 Å². The molecule has 0 unspecified atom stereocenters. The summed E-state index contributed by atoms with van der Waals surface area (Å²) in [4.78, 5) is 23.5. The van der Waals surface area contributed by atoms with Crippen LogP contribution in [0.25, 0.3) is 0 Å². The molecule has 104 valence electrons. The first kappa shape index (κ1) is 15.2. The highest BCUT2D eigenvalue weighted by molar-refractivity contribution is 5.94. The number of methoxy groups -OCH3 is 1. The summed E-state index contributed by atoms with van der Waals surface area (Å²) in [6.45, 7) is 2.39. The highest BCUT2D eigenvalue weighted by Crippen LogP contribution is 2.10. The summed E-state index contributed by atoms with van der Waals surface area (Å²) in [6, 6.07) is 8.96. The van der Waals surface area contributed by atoms with Crippen molar-refractivity contribution in [2.24, 2.45) is 5.92 Å². The second kappa shape index (κ2) is 8.29. The third-order valence-electron chi connectivity index (χ3n) is 2.99. The Morgan fingerprint density at radius 1 is 1.26 bits per heavy atom. The summed E-state index contributed by atoms with van der Waals surface area (Å²) in [5, 5.41) is 2.78. The van der Waals surface area contributed by atoms with Gasteiger partial charge < -0.3 is 10.1 Å². The van der Waals surface area contributed by atoms with E-state index in [1.54, 1.807) is 12.1 Å². The number of amides is 1. The highest BCUT2D eigenvalue weighted by atomic mass is 16.5. The van der Waals surface area contributed by atoms with Gasteiger partial charge in [-0.25, -0.2) is 0 Å². The summed E-state index contributed by atoms with van der Waals surface area (Å²) in [5.41, 5.74) is 0.599. The number of hydrogen-bond donors (Lipinski definition) is 1. The van der Waals surface area contributed by atoms with E-state index in [0.29, 0.717) is 12.1 Å². The lowest BCUT2D eigenvalue weighted by molar-refractivity contribution is -0.145. The maximum absolute atomic E-state index is 11.9. The van der Waals surface area contributed by atoms with Crippen molar-refractivity contribution in [1.82, 2.24) is 5.32 Å². The first-order valence-electron chi connectivity index (χ1n) is 6.60. The molecule has 0 fully saturated rings. The number of benzene rings is 1. The molecule has 1 N–H and O–H groups in total. The zero-order chi connectivity index (χ0) is 14.1. The molecule has 0 saturated carbocycles. The van der Waals surface area contributed by atoms with Crippen LogP contribution in [0.1, 0.15) is 36.5 Å². The lowest BCUT2D eigenvalue weighted by atomic mass is 10.0. The van der Waals surface area contributed by atoms with Gasteiger partial charge in [0.15, 0.2) is 0 Å². The van der Waals surface area contributed by atoms with E-state index in [1.807, 2.05) is 18.2 Å². The normalized spacial score (nSPS) is 11.7. The fraction of sp³-hybridized carbons (Fsp3) is 0.467. The number of nitrogens with one attached hydrogen (secondary N) is 1. The smallest absolute Gasteiger partial charge is 0.310 e. The van der Waals surface area contributed by atoms with Crippen molar-refractivity contribution < 1.29 is 14.3 Å². The molecule has 0 saturated heterocycles. The highest BCUT2D eigenvalue weighted by Gasteiger charge is 2.19. The number of carbonyl (C=O) groups excluding carboxylic acids is 2. The Balaban J connectivity index is 2.51. The van der Waals surface area contributed by atoms with Crippen molar-refractivity contribution in [3.05, 3.63) is 35.9 Å². The molecule has 0 aromatic heterocycles. The number of hydrogen-bond acceptors (Lipinski definition) is 3. The summed E-state index contributed by atoms with van der Waals surface area (Å²) >= 11 is 0. The van der Waals surface area contributed by atoms with Gasteiger partial charge in [-0.15, -0.1) is 0 Å². The Labute approximate surface area is 114 Å². The van der Waals surface area contributed by atoms with Crippen molar-refractivity contribution in [2.75, 3.05) is 13.7 Å². The van der Waals surface area contributed by atoms with Gasteiger partial charge in [-0.2, -0.15) is 0 Å². The van der Waals surface area contributed by atoms with Gasteiger partial charge in [-0.3, -0.25) is 9.59 Å². The largest absolute Gasteiger partial charge is 0.469 e. The maximum atomic E-state index is 11.9. The summed E-state index contributed by atoms with van der Waals surface area (Å²) < 4.78 is 4.76. The molecule has 0 heterocycles. The number of unbranched alkanes of at least 4 members (excludes halogenated alkanes) is 1. The molecule has 0 spiro atoms. The predicted octanol–water partition coefficient (Wildman–Crippen LogP) is 2.40. The Morgan fingerprint density at radius 3 is 2.53 bits per heavy atom. The van der Waals surface area contributed by atoms with Crippen LogP contribution in [0, 0.1) is 5.92 Å². The molecular formula is C15H21NO3. The van der Waals surface area contributed by atoms with Crippen LogP contribution in [0.3, 0.4) is 0 Å². The molecule has 0 radical (unpaired) electrons. The third kappa shape index (κ3) is 5.12. The molecule has 0 bridgehead atoms. The van der Waals surface area contributed by atoms with Crippen LogP contribution < -0.4 is 5.32 Å². The minimum atomic E-state index is -0.266. The minimum Gasteiger partial charge on any atom is -0.469 e. The van der Waals surface area contributed by atoms with Gasteiger partial charge in [-0.05, 0) is 18.6 Å². The molecule has 1 rings (SSSR count). The summed E-state index contributed by atoms with van der Waals surface area (Å²) in [5.74, 6) is -0.689. The maximum Gasteiger partial charge on any atom is 0.310 e. The third-order valence-corrected chi connectivity index (χ3v) is 2.99. The second-order valence-electron chi connectivity index (χ2n) is 4.44. The average molecular weight is 263 g/mol. The van der Waals surface area contributed by atoms with E-state index in [1.165, 1.54) is 7.11 Å². The Bertz CT molecular complexity index is 403. The number of ether oxygens (including phenoxy) is 1. The van der Waals surface area contributed by atoms with Gasteiger partial charge in [0.05, 0.1) is 13.0 Å². The Hall–Kier alpha value is -1.84. The molecule has 4 nitrogen and oxygen atoms in total. The monoisotopic (exact) mass is 263 g/mol. The zero-order valence-corrected chi connectivity index (χ0v) is 11.5. The van der Waals surface area contributed by atoms with Crippen molar-refractivity contribution in [3.63, 3.8) is 0 Å². The van der Waals surface area contributed by atoms with E-state index in [9.17, 15) is 9.59 Å². The van der Waals surface area contributed by atoms with Crippen molar-refractivity contribution in [3.8, 4) is 0 Å². The number of rotatable bonds is 7. The first-order valence-corrected chi connectivity index (χ1v) is 6.60. The van der Waals surface area contributed by atoms with E-state index in [0.717, 1.165) is 19.3 Å². The molecule has 1 aromatic carbocycles. The fourth-order valence-electron chi connectivity index (χ4n) is 1.83. The van der Waals surface area contributed by atoms with Crippen LogP contribution in [-0.2, 0) is 9.53 Å². The van der Waals surface area contributed by atoms with Crippen LogP contribution in [0.15, 0.2) is 30.3 Å². The van der Waals surface area contributed by atoms with E-state index < -0.39 is 0 Å². The van der Waals surface area contributed by atoms with E-state index in [2.05, 4.69) is 12.2 Å². The summed E-state index contributed by atoms with van der Waals surface area (Å²) in [7, 11) is 1.38. The van der Waals surface area contributed by atoms with Crippen LogP contribution in [0.5, 0.6) is 0 Å². The first-order chi connectivity index (χ1) is 9.19. The SMILES string of the molecule is CCCC[C@H](CNC(=O)c1ccccc1)C(=O)OC. The number of esters is 1. The fourth-order valence-corrected chi connectivity index (χ4v) is 1.83. The van der Waals surface area contributed by atoms with Crippen LogP contribution in [0.4, 0.5) is 0 Å². The van der Waals surface area contributed by atoms with Crippen LogP contribution in [0.2, 0.25) is 0 Å². The van der Waals surface area contributed by atoms with Crippen LogP contribution >= 0.6 is 0 Å². The van der Waals surface area contributed by atoms with Gasteiger partial charge in [0.1, 0.15) is 0 Å². The van der Waals surface area contributed by atoms with Gasteiger partial charge in [-0.1, -0.05) is 38.0 Å². The molecule has 19 heavy (non-hydrogen) atoms. The van der Waals surface area contributed by atoms with Gasteiger partial charge in [0.25, 0.3) is 5.91 Å². The molecule has 0 aliphatic heterocycles. The second-order valence-corrected chi connectivity index (χ2v) is 4.44. The lowest BCUT2D eigenvalue weighted by Gasteiger charge is -2.15. The molecule has 1 amide bonds. The number of carbonyl (C=O) groups is 2. The topological polar surface area (TPSA) is 55.4 Å². The van der Waals surface area contributed by atoms with Crippen LogP contribution in [-0.4, -0.2) is 25.5 Å².